The fourth-order valence-corrected chi connectivity index (χ4v) is 5.49. The quantitative estimate of drug-likeness (QED) is 0.568. The lowest BCUT2D eigenvalue weighted by Gasteiger charge is -2.39. The van der Waals surface area contributed by atoms with Crippen molar-refractivity contribution < 1.29 is 14.6 Å². The average molecular weight is 496 g/mol. The summed E-state index contributed by atoms with van der Waals surface area (Å²) in [6.07, 6.45) is 4.72. The van der Waals surface area contributed by atoms with Crippen LogP contribution in [0.15, 0.2) is 42.5 Å². The molecular formula is C28H34ClN3O3. The van der Waals surface area contributed by atoms with E-state index in [1.54, 1.807) is 6.07 Å². The third-order valence-electron chi connectivity index (χ3n) is 7.45. The standard InChI is InChI=1S/C28H34ClN3O3/c1-20-26(8-7-23(18-30)27(20)29)35-24-11-13-31(14-12-24)19-22-9-15-32(16-10-22)25(28(33)34)17-21-5-3-2-4-6-21/h2-8,22,24-25H,9-17,19H2,1H3,(H,33,34). The van der Waals surface area contributed by atoms with Gasteiger partial charge >= 0.3 is 5.97 Å². The van der Waals surface area contributed by atoms with Gasteiger partial charge in [0, 0.05) is 25.2 Å². The van der Waals surface area contributed by atoms with Gasteiger partial charge in [0.1, 0.15) is 24.0 Å². The number of likely N-dealkylation sites (tertiary alicyclic amines) is 2. The smallest absolute Gasteiger partial charge is 0.321 e. The van der Waals surface area contributed by atoms with Gasteiger partial charge in [0.05, 0.1) is 10.6 Å². The van der Waals surface area contributed by atoms with E-state index in [1.807, 2.05) is 43.3 Å². The Balaban J connectivity index is 1.22. The van der Waals surface area contributed by atoms with E-state index in [-0.39, 0.29) is 6.10 Å². The predicted octanol–water partition coefficient (Wildman–Crippen LogP) is 4.77. The first-order valence-electron chi connectivity index (χ1n) is 12.5. The normalized spacial score (nSPS) is 19.2. The molecule has 0 bridgehead atoms. The summed E-state index contributed by atoms with van der Waals surface area (Å²) in [4.78, 5) is 16.6. The van der Waals surface area contributed by atoms with Gasteiger partial charge < -0.3 is 14.7 Å². The first-order chi connectivity index (χ1) is 16.9. The number of aliphatic carboxylic acids is 1. The predicted molar refractivity (Wildman–Crippen MR) is 137 cm³/mol. The Morgan fingerprint density at radius 2 is 1.80 bits per heavy atom. The van der Waals surface area contributed by atoms with Crippen molar-refractivity contribution in [1.29, 1.82) is 5.26 Å². The molecule has 0 aliphatic carbocycles. The number of piperidine rings is 2. The van der Waals surface area contributed by atoms with Gasteiger partial charge in [-0.3, -0.25) is 9.69 Å². The number of carboxylic acid groups (broad SMARTS) is 1. The lowest BCUT2D eigenvalue weighted by molar-refractivity contribution is -0.144. The van der Waals surface area contributed by atoms with Gasteiger partial charge in [-0.25, -0.2) is 0 Å². The van der Waals surface area contributed by atoms with Gasteiger partial charge in [-0.05, 0) is 75.7 Å². The summed E-state index contributed by atoms with van der Waals surface area (Å²) in [6.45, 7) is 6.65. The van der Waals surface area contributed by atoms with E-state index in [9.17, 15) is 9.90 Å². The molecule has 0 radical (unpaired) electrons. The van der Waals surface area contributed by atoms with Crippen LogP contribution in [0.4, 0.5) is 0 Å². The van der Waals surface area contributed by atoms with E-state index in [2.05, 4.69) is 15.9 Å². The van der Waals surface area contributed by atoms with Crippen LogP contribution < -0.4 is 4.74 Å². The number of hydrogen-bond donors (Lipinski definition) is 1. The molecule has 1 unspecified atom stereocenters. The number of nitrogens with zero attached hydrogens (tertiary/aromatic N) is 3. The zero-order valence-electron chi connectivity index (χ0n) is 20.3. The Labute approximate surface area is 213 Å². The topological polar surface area (TPSA) is 76.8 Å². The maximum Gasteiger partial charge on any atom is 0.321 e. The molecule has 4 rings (SSSR count). The zero-order valence-corrected chi connectivity index (χ0v) is 21.1. The van der Waals surface area contributed by atoms with Crippen molar-refractivity contribution >= 4 is 17.6 Å². The van der Waals surface area contributed by atoms with Crippen LogP contribution in [-0.4, -0.2) is 65.7 Å². The van der Waals surface area contributed by atoms with Crippen molar-refractivity contribution in [3.05, 3.63) is 64.2 Å². The Kier molecular flexibility index (Phi) is 8.67. The third kappa shape index (κ3) is 6.55. The van der Waals surface area contributed by atoms with Gasteiger partial charge in [0.2, 0.25) is 0 Å². The monoisotopic (exact) mass is 495 g/mol. The van der Waals surface area contributed by atoms with Crippen LogP contribution in [0.25, 0.3) is 0 Å². The largest absolute Gasteiger partial charge is 0.490 e. The van der Waals surface area contributed by atoms with Gasteiger partial charge in [0.25, 0.3) is 0 Å². The second kappa shape index (κ2) is 11.9. The number of halogens is 1. The summed E-state index contributed by atoms with van der Waals surface area (Å²) in [7, 11) is 0. The zero-order chi connectivity index (χ0) is 24.8. The van der Waals surface area contributed by atoms with E-state index < -0.39 is 12.0 Å². The molecule has 0 amide bonds. The number of nitriles is 1. The summed E-state index contributed by atoms with van der Waals surface area (Å²) in [5, 5.41) is 19.4. The molecule has 7 heteroatoms. The number of carboxylic acids is 1. The molecule has 0 saturated carbocycles. The second-order valence-corrected chi connectivity index (χ2v) is 10.2. The highest BCUT2D eigenvalue weighted by Crippen LogP contribution is 2.31. The molecule has 1 atom stereocenters. The van der Waals surface area contributed by atoms with Gasteiger partial charge in [-0.2, -0.15) is 5.26 Å². The van der Waals surface area contributed by atoms with Crippen LogP contribution in [0.3, 0.4) is 0 Å². The summed E-state index contributed by atoms with van der Waals surface area (Å²) < 4.78 is 6.23. The molecule has 186 valence electrons. The molecule has 1 N–H and O–H groups in total. The second-order valence-electron chi connectivity index (χ2n) is 9.80. The van der Waals surface area contributed by atoms with Crippen molar-refractivity contribution in [1.82, 2.24) is 9.80 Å². The average Bonchev–Trinajstić information content (AvgIpc) is 2.88. The fourth-order valence-electron chi connectivity index (χ4n) is 5.29. The Morgan fingerprint density at radius 3 is 2.43 bits per heavy atom. The van der Waals surface area contributed by atoms with Crippen molar-refractivity contribution in [2.24, 2.45) is 5.92 Å². The molecule has 6 nitrogen and oxygen atoms in total. The van der Waals surface area contributed by atoms with Crippen LogP contribution >= 0.6 is 11.6 Å². The van der Waals surface area contributed by atoms with Gasteiger partial charge in [-0.1, -0.05) is 41.9 Å². The SMILES string of the molecule is Cc1c(OC2CCN(CC3CCN(C(Cc4ccccc4)C(=O)O)CC3)CC2)ccc(C#N)c1Cl. The highest BCUT2D eigenvalue weighted by atomic mass is 35.5. The number of ether oxygens (including phenoxy) is 1. The number of benzene rings is 2. The lowest BCUT2D eigenvalue weighted by atomic mass is 9.93. The highest BCUT2D eigenvalue weighted by molar-refractivity contribution is 6.32. The molecule has 0 aromatic heterocycles. The summed E-state index contributed by atoms with van der Waals surface area (Å²) in [5.41, 5.74) is 2.38. The van der Waals surface area contributed by atoms with Crippen LogP contribution in [0, 0.1) is 24.2 Å². The van der Waals surface area contributed by atoms with Gasteiger partial charge in [-0.15, -0.1) is 0 Å². The van der Waals surface area contributed by atoms with Crippen molar-refractivity contribution in [2.75, 3.05) is 32.7 Å². The summed E-state index contributed by atoms with van der Waals surface area (Å²) in [6, 6.07) is 15.1. The van der Waals surface area contributed by atoms with E-state index in [0.717, 1.165) is 75.3 Å². The Hall–Kier alpha value is -2.59. The molecule has 0 spiro atoms. The van der Waals surface area contributed by atoms with Crippen LogP contribution in [-0.2, 0) is 11.2 Å². The Morgan fingerprint density at radius 1 is 1.11 bits per heavy atom. The molecule has 2 aromatic rings. The molecule has 2 fully saturated rings. The van der Waals surface area contributed by atoms with E-state index >= 15 is 0 Å². The van der Waals surface area contributed by atoms with Crippen molar-refractivity contribution in [2.45, 2.75) is 51.2 Å². The van der Waals surface area contributed by atoms with Crippen LogP contribution in [0.1, 0.15) is 42.4 Å². The van der Waals surface area contributed by atoms with E-state index in [4.69, 9.17) is 21.6 Å². The molecule has 2 heterocycles. The maximum absolute atomic E-state index is 12.0. The fraction of sp³-hybridized carbons (Fsp3) is 0.500. The molecular weight excluding hydrogens is 462 g/mol. The first kappa shape index (κ1) is 25.5. The van der Waals surface area contributed by atoms with Gasteiger partial charge in [0.15, 0.2) is 0 Å². The molecule has 35 heavy (non-hydrogen) atoms. The minimum absolute atomic E-state index is 0.158. The highest BCUT2D eigenvalue weighted by Gasteiger charge is 2.31. The molecule has 2 aromatic carbocycles. The number of rotatable bonds is 8. The number of carbonyl (C=O) groups is 1. The summed E-state index contributed by atoms with van der Waals surface area (Å²) >= 11 is 6.29. The van der Waals surface area contributed by atoms with E-state index in [1.165, 1.54) is 0 Å². The number of hydrogen-bond acceptors (Lipinski definition) is 5. The molecule has 2 saturated heterocycles. The van der Waals surface area contributed by atoms with E-state index in [0.29, 0.717) is 22.9 Å². The van der Waals surface area contributed by atoms with Crippen LogP contribution in [0.2, 0.25) is 5.02 Å². The minimum atomic E-state index is -0.729. The van der Waals surface area contributed by atoms with Crippen molar-refractivity contribution in [3.8, 4) is 11.8 Å². The first-order valence-corrected chi connectivity index (χ1v) is 12.9. The molecule has 2 aliphatic heterocycles. The maximum atomic E-state index is 12.0. The minimum Gasteiger partial charge on any atom is -0.490 e. The lowest BCUT2D eigenvalue weighted by Crippen LogP contribution is -2.48. The molecule has 2 aliphatic rings. The Bertz CT molecular complexity index is 1040. The third-order valence-corrected chi connectivity index (χ3v) is 7.94. The summed E-state index contributed by atoms with van der Waals surface area (Å²) in [5.74, 6) is 0.644. The van der Waals surface area contributed by atoms with Crippen molar-refractivity contribution in [3.63, 3.8) is 0 Å². The van der Waals surface area contributed by atoms with Crippen LogP contribution in [0.5, 0.6) is 5.75 Å².